The zero-order valence-electron chi connectivity index (χ0n) is 20.5. The lowest BCUT2D eigenvalue weighted by molar-refractivity contribution is -0.0550. The largest absolute Gasteiger partial charge is 0.394 e. The smallest absolute Gasteiger partial charge is 0.351 e. The Hall–Kier alpha value is -1.81. The first-order valence-electron chi connectivity index (χ1n) is 12.9. The molecule has 0 saturated carbocycles. The lowest BCUT2D eigenvalue weighted by Gasteiger charge is -2.18. The van der Waals surface area contributed by atoms with Crippen LogP contribution in [-0.4, -0.2) is 55.6 Å². The second kappa shape index (κ2) is 15.2. The van der Waals surface area contributed by atoms with E-state index in [1.807, 2.05) is 0 Å². The van der Waals surface area contributed by atoms with Crippen LogP contribution in [-0.2, 0) is 4.74 Å². The summed E-state index contributed by atoms with van der Waals surface area (Å²) < 4.78 is 6.34. The monoisotopic (exact) mass is 481 g/mol. The third-order valence-electron chi connectivity index (χ3n) is 6.58. The van der Waals surface area contributed by atoms with Gasteiger partial charge in [0.15, 0.2) is 12.0 Å². The molecule has 0 aromatic carbocycles. The highest BCUT2D eigenvalue weighted by Gasteiger charge is 2.44. The molecule has 0 amide bonds. The summed E-state index contributed by atoms with van der Waals surface area (Å²) in [6, 6.07) is 0. The minimum atomic E-state index is -1.44. The number of Topliss-reactive ketones (excluding diaryl/α,β-unsaturated/α-hetero) is 1. The second-order valence-electron chi connectivity index (χ2n) is 9.37. The molecule has 2 rings (SSSR count). The molecular formula is C25H43N3O6. The van der Waals surface area contributed by atoms with Crippen molar-refractivity contribution < 1.29 is 24.9 Å². The number of ketones is 1. The van der Waals surface area contributed by atoms with E-state index in [1.165, 1.54) is 70.4 Å². The van der Waals surface area contributed by atoms with Crippen LogP contribution >= 0.6 is 0 Å². The number of nitrogens with two attached hydrogens (primary N) is 1. The summed E-state index contributed by atoms with van der Waals surface area (Å²) in [6.07, 6.45) is 12.2. The van der Waals surface area contributed by atoms with Crippen molar-refractivity contribution in [3.05, 3.63) is 22.2 Å². The molecule has 1 aliphatic heterocycles. The van der Waals surface area contributed by atoms with Crippen LogP contribution in [0.1, 0.15) is 113 Å². The number of rotatable bonds is 17. The second-order valence-corrected chi connectivity index (χ2v) is 9.37. The molecule has 1 aromatic rings. The van der Waals surface area contributed by atoms with Gasteiger partial charge < -0.3 is 25.8 Å². The van der Waals surface area contributed by atoms with Crippen LogP contribution in [0.25, 0.3) is 0 Å². The number of nitrogens with zero attached hydrogens (tertiary/aromatic N) is 2. The Morgan fingerprint density at radius 1 is 0.971 bits per heavy atom. The maximum Gasteiger partial charge on any atom is 0.351 e. The normalized spacial score (nSPS) is 22.4. The zero-order chi connectivity index (χ0) is 24.9. The van der Waals surface area contributed by atoms with E-state index < -0.39 is 36.8 Å². The highest BCUT2D eigenvalue weighted by atomic mass is 16.6. The Morgan fingerprint density at radius 3 is 2.00 bits per heavy atom. The Morgan fingerprint density at radius 2 is 1.50 bits per heavy atom. The van der Waals surface area contributed by atoms with E-state index in [0.717, 1.165) is 23.8 Å². The quantitative estimate of drug-likeness (QED) is 0.196. The first-order chi connectivity index (χ1) is 16.4. The summed E-state index contributed by atoms with van der Waals surface area (Å²) in [5.41, 5.74) is 5.10. The van der Waals surface area contributed by atoms with Crippen LogP contribution in [0.15, 0.2) is 11.0 Å². The van der Waals surface area contributed by atoms with Crippen molar-refractivity contribution in [3.63, 3.8) is 0 Å². The van der Waals surface area contributed by atoms with Gasteiger partial charge in [-0.1, -0.05) is 84.0 Å². The minimum Gasteiger partial charge on any atom is -0.394 e. The van der Waals surface area contributed by atoms with E-state index in [-0.39, 0.29) is 23.6 Å². The molecular weight excluding hydrogens is 438 g/mol. The average Bonchev–Trinajstić information content (AvgIpc) is 3.10. The van der Waals surface area contributed by atoms with Crippen LogP contribution in [0.3, 0.4) is 0 Å². The predicted molar refractivity (Wildman–Crippen MR) is 131 cm³/mol. The summed E-state index contributed by atoms with van der Waals surface area (Å²) in [4.78, 5) is 28.6. The summed E-state index contributed by atoms with van der Waals surface area (Å²) >= 11 is 0. The van der Waals surface area contributed by atoms with Crippen LogP contribution in [0.5, 0.6) is 0 Å². The first-order valence-corrected chi connectivity index (χ1v) is 12.9. The molecule has 5 N–H and O–H groups in total. The van der Waals surface area contributed by atoms with Crippen molar-refractivity contribution >= 4 is 11.6 Å². The number of unbranched alkanes of at least 4 members (excludes halogenated alkanes) is 12. The molecule has 1 saturated heterocycles. The minimum absolute atomic E-state index is 0.0938. The number of hydrogen-bond acceptors (Lipinski definition) is 8. The number of aliphatic hydroxyl groups excluding tert-OH is 3. The van der Waals surface area contributed by atoms with Crippen molar-refractivity contribution in [2.75, 3.05) is 12.3 Å². The molecule has 1 aromatic heterocycles. The van der Waals surface area contributed by atoms with Crippen molar-refractivity contribution in [2.24, 2.45) is 0 Å². The Balaban J connectivity index is 1.71. The van der Waals surface area contributed by atoms with Crippen molar-refractivity contribution in [1.29, 1.82) is 0 Å². The van der Waals surface area contributed by atoms with E-state index in [0.29, 0.717) is 0 Å². The molecule has 4 atom stereocenters. The van der Waals surface area contributed by atoms with Crippen LogP contribution in [0, 0.1) is 0 Å². The number of hydrogen-bond donors (Lipinski definition) is 4. The lowest BCUT2D eigenvalue weighted by Crippen LogP contribution is -2.36. The highest BCUT2D eigenvalue weighted by molar-refractivity contribution is 5.99. The number of aromatic nitrogens is 2. The van der Waals surface area contributed by atoms with Crippen molar-refractivity contribution in [3.8, 4) is 0 Å². The van der Waals surface area contributed by atoms with Gasteiger partial charge in [0.25, 0.3) is 0 Å². The molecule has 0 spiro atoms. The van der Waals surface area contributed by atoms with Gasteiger partial charge in [-0.15, -0.1) is 0 Å². The third-order valence-corrected chi connectivity index (χ3v) is 6.58. The standard InChI is InChI=1S/C25H43N3O6/c1-2-3-4-5-6-7-8-9-10-11-12-13-14-15-19(30)18-16-28(25(33)27-23(18)26)24-22(32)21(31)20(17-29)34-24/h16,20-22,24,29,31-32H,2-15,17H2,1H3,(H2,26,27,33)/t20-,21-,22-,24-/m1/s1. The van der Waals surface area contributed by atoms with Crippen molar-refractivity contribution in [2.45, 2.75) is 121 Å². The van der Waals surface area contributed by atoms with Gasteiger partial charge in [0, 0.05) is 12.6 Å². The molecule has 9 heteroatoms. The summed E-state index contributed by atoms with van der Waals surface area (Å²) in [7, 11) is 0. The topological polar surface area (TPSA) is 148 Å². The molecule has 0 radical (unpaired) electrons. The third kappa shape index (κ3) is 8.45. The fourth-order valence-electron chi connectivity index (χ4n) is 4.43. The lowest BCUT2D eigenvalue weighted by atomic mass is 10.0. The average molecular weight is 482 g/mol. The molecule has 9 nitrogen and oxygen atoms in total. The van der Waals surface area contributed by atoms with Gasteiger partial charge in [0.2, 0.25) is 0 Å². The van der Waals surface area contributed by atoms with Crippen LogP contribution in [0.4, 0.5) is 5.82 Å². The van der Waals surface area contributed by atoms with Gasteiger partial charge in [0.1, 0.15) is 24.1 Å². The fraction of sp³-hybridized carbons (Fsp3) is 0.800. The SMILES string of the molecule is CCCCCCCCCCCCCCCC(=O)c1cn([C@@H]2O[C@H](CO)[C@@H](O)[C@H]2O)c(=O)nc1N. The van der Waals surface area contributed by atoms with Gasteiger partial charge in [-0.05, 0) is 6.42 Å². The predicted octanol–water partition coefficient (Wildman–Crippen LogP) is 3.10. The summed E-state index contributed by atoms with van der Waals surface area (Å²) in [5, 5.41) is 29.4. The maximum atomic E-state index is 12.7. The maximum absolute atomic E-state index is 12.7. The van der Waals surface area contributed by atoms with E-state index in [9.17, 15) is 24.9 Å². The number of aliphatic hydroxyl groups is 3. The zero-order valence-corrected chi connectivity index (χ0v) is 20.5. The molecule has 1 fully saturated rings. The van der Waals surface area contributed by atoms with E-state index in [1.54, 1.807) is 0 Å². The van der Waals surface area contributed by atoms with Gasteiger partial charge in [-0.25, -0.2) is 4.79 Å². The van der Waals surface area contributed by atoms with E-state index >= 15 is 0 Å². The number of ether oxygens (including phenoxy) is 1. The number of carbonyl (C=O) groups excluding carboxylic acids is 1. The molecule has 2 heterocycles. The molecule has 0 bridgehead atoms. The van der Waals surface area contributed by atoms with Gasteiger partial charge in [-0.3, -0.25) is 9.36 Å². The fourth-order valence-corrected chi connectivity index (χ4v) is 4.43. The number of carbonyl (C=O) groups is 1. The van der Waals surface area contributed by atoms with Crippen molar-refractivity contribution in [1.82, 2.24) is 9.55 Å². The summed E-state index contributed by atoms with van der Waals surface area (Å²) in [5.74, 6) is -0.388. The molecule has 1 aliphatic rings. The number of nitrogen functional groups attached to an aromatic ring is 1. The molecule has 0 unspecified atom stereocenters. The Labute approximate surface area is 202 Å². The van der Waals surface area contributed by atoms with Gasteiger partial charge >= 0.3 is 5.69 Å². The van der Waals surface area contributed by atoms with Crippen LogP contribution in [0.2, 0.25) is 0 Å². The van der Waals surface area contributed by atoms with E-state index in [4.69, 9.17) is 10.5 Å². The van der Waals surface area contributed by atoms with E-state index in [2.05, 4.69) is 11.9 Å². The highest BCUT2D eigenvalue weighted by Crippen LogP contribution is 2.28. The Bertz CT molecular complexity index is 799. The molecule has 0 aliphatic carbocycles. The molecule has 194 valence electrons. The van der Waals surface area contributed by atoms with Gasteiger partial charge in [-0.2, -0.15) is 4.98 Å². The number of anilines is 1. The Kier molecular flexibility index (Phi) is 12.7. The molecule has 34 heavy (non-hydrogen) atoms. The first kappa shape index (κ1) is 28.4. The van der Waals surface area contributed by atoms with Gasteiger partial charge in [0.05, 0.1) is 12.2 Å². The van der Waals surface area contributed by atoms with Crippen LogP contribution < -0.4 is 11.4 Å². The summed E-state index contributed by atoms with van der Waals surface area (Å²) in [6.45, 7) is 1.72.